The average molecular weight is 360 g/mol. The van der Waals surface area contributed by atoms with Crippen LogP contribution < -0.4 is 0 Å². The fourth-order valence-electron chi connectivity index (χ4n) is 2.82. The van der Waals surface area contributed by atoms with Gasteiger partial charge in [0.25, 0.3) is 0 Å². The van der Waals surface area contributed by atoms with E-state index < -0.39 is 12.1 Å². The molecular weight excluding hydrogens is 332 g/mol. The van der Waals surface area contributed by atoms with Gasteiger partial charge in [0, 0.05) is 26.1 Å². The lowest BCUT2D eigenvalue weighted by Gasteiger charge is -2.38. The minimum Gasteiger partial charge on any atom is -0.445 e. The summed E-state index contributed by atoms with van der Waals surface area (Å²) in [4.78, 5) is 39.2. The molecule has 0 saturated carbocycles. The van der Waals surface area contributed by atoms with Crippen molar-refractivity contribution in [3.63, 3.8) is 0 Å². The lowest BCUT2D eigenvalue weighted by Crippen LogP contribution is -2.57. The third kappa shape index (κ3) is 5.86. The van der Waals surface area contributed by atoms with Crippen molar-refractivity contribution >= 4 is 18.3 Å². The monoisotopic (exact) mass is 360 g/mol. The number of carbonyl (C=O) groups is 3. The summed E-state index contributed by atoms with van der Waals surface area (Å²) >= 11 is 0. The van der Waals surface area contributed by atoms with E-state index in [0.717, 1.165) is 12.0 Å². The molecule has 142 valence electrons. The summed E-state index contributed by atoms with van der Waals surface area (Å²) in [6, 6.07) is 8.72. The van der Waals surface area contributed by atoms with E-state index in [0.29, 0.717) is 25.8 Å². The van der Waals surface area contributed by atoms with Gasteiger partial charge in [-0.3, -0.25) is 9.69 Å². The van der Waals surface area contributed by atoms with E-state index in [9.17, 15) is 14.4 Å². The molecule has 26 heavy (non-hydrogen) atoms. The van der Waals surface area contributed by atoms with E-state index in [1.54, 1.807) is 4.90 Å². The quantitative estimate of drug-likeness (QED) is 0.757. The molecule has 1 aromatic carbocycles. The second kappa shape index (κ2) is 8.83. The molecular formula is C20H28N2O4. The first-order valence-electron chi connectivity index (χ1n) is 9.00. The fourth-order valence-corrected chi connectivity index (χ4v) is 2.82. The molecule has 6 heteroatoms. The van der Waals surface area contributed by atoms with Gasteiger partial charge in [0.1, 0.15) is 18.9 Å². The smallest absolute Gasteiger partial charge is 0.410 e. The molecule has 0 N–H and O–H groups in total. The van der Waals surface area contributed by atoms with Gasteiger partial charge in [-0.05, 0) is 17.4 Å². The van der Waals surface area contributed by atoms with Crippen molar-refractivity contribution in [2.24, 2.45) is 5.41 Å². The van der Waals surface area contributed by atoms with Crippen LogP contribution in [0.3, 0.4) is 0 Å². The van der Waals surface area contributed by atoms with Crippen LogP contribution in [0.4, 0.5) is 4.79 Å². The van der Waals surface area contributed by atoms with Crippen molar-refractivity contribution in [3.8, 4) is 0 Å². The van der Waals surface area contributed by atoms with Crippen LogP contribution in [0.25, 0.3) is 0 Å². The summed E-state index contributed by atoms with van der Waals surface area (Å²) in [6.07, 6.45) is 1.44. The van der Waals surface area contributed by atoms with Crippen LogP contribution in [-0.2, 0) is 20.9 Å². The van der Waals surface area contributed by atoms with Crippen molar-refractivity contribution in [1.82, 2.24) is 9.80 Å². The molecule has 0 bridgehead atoms. The van der Waals surface area contributed by atoms with Gasteiger partial charge >= 0.3 is 6.09 Å². The zero-order valence-electron chi connectivity index (χ0n) is 15.8. The minimum atomic E-state index is -0.661. The first-order valence-corrected chi connectivity index (χ1v) is 9.00. The maximum atomic E-state index is 12.4. The maximum Gasteiger partial charge on any atom is 0.410 e. The number of benzene rings is 1. The van der Waals surface area contributed by atoms with E-state index in [1.807, 2.05) is 30.3 Å². The molecule has 1 unspecified atom stereocenters. The van der Waals surface area contributed by atoms with E-state index in [4.69, 9.17) is 4.74 Å². The Morgan fingerprint density at radius 2 is 1.88 bits per heavy atom. The largest absolute Gasteiger partial charge is 0.445 e. The molecule has 1 aliphatic rings. The van der Waals surface area contributed by atoms with Gasteiger partial charge in [0.05, 0.1) is 0 Å². The molecule has 2 amide bonds. The van der Waals surface area contributed by atoms with Crippen molar-refractivity contribution in [2.75, 3.05) is 19.6 Å². The van der Waals surface area contributed by atoms with Crippen molar-refractivity contribution in [2.45, 2.75) is 46.3 Å². The summed E-state index contributed by atoms with van der Waals surface area (Å²) in [5.74, 6) is 0.0316. The van der Waals surface area contributed by atoms with E-state index in [-0.39, 0.29) is 24.5 Å². The molecule has 1 saturated heterocycles. The van der Waals surface area contributed by atoms with Crippen LogP contribution in [-0.4, -0.2) is 53.8 Å². The Kier molecular flexibility index (Phi) is 6.77. The molecule has 2 rings (SSSR count). The number of rotatable bonds is 5. The Hall–Kier alpha value is -2.37. The number of aldehydes is 1. The number of hydrogen-bond donors (Lipinski definition) is 0. The average Bonchev–Trinajstić information content (AvgIpc) is 2.63. The fraction of sp³-hybridized carbons (Fsp3) is 0.550. The number of carbonyl (C=O) groups excluding carboxylic acids is 3. The lowest BCUT2D eigenvalue weighted by atomic mass is 9.90. The second-order valence-electron chi connectivity index (χ2n) is 7.84. The molecule has 1 aliphatic heterocycles. The molecule has 1 heterocycles. The molecule has 6 nitrogen and oxygen atoms in total. The van der Waals surface area contributed by atoms with Gasteiger partial charge in [-0.1, -0.05) is 51.1 Å². The zero-order valence-corrected chi connectivity index (χ0v) is 15.8. The van der Waals surface area contributed by atoms with Crippen LogP contribution in [0.15, 0.2) is 30.3 Å². The molecule has 1 aromatic rings. The van der Waals surface area contributed by atoms with Crippen LogP contribution in [0.2, 0.25) is 0 Å². The first kappa shape index (κ1) is 19.9. The SMILES string of the molecule is CC(C)(C)CCC(=O)N1CCN(C(=O)OCc2ccccc2)C(C=O)C1. The summed E-state index contributed by atoms with van der Waals surface area (Å²) in [6.45, 7) is 7.40. The van der Waals surface area contributed by atoms with Crippen LogP contribution in [0.5, 0.6) is 0 Å². The van der Waals surface area contributed by atoms with Gasteiger partial charge in [-0.25, -0.2) is 4.79 Å². The highest BCUT2D eigenvalue weighted by Gasteiger charge is 2.33. The van der Waals surface area contributed by atoms with Crippen LogP contribution in [0.1, 0.15) is 39.2 Å². The zero-order chi connectivity index (χ0) is 19.2. The van der Waals surface area contributed by atoms with E-state index >= 15 is 0 Å². The summed E-state index contributed by atoms with van der Waals surface area (Å²) < 4.78 is 5.31. The minimum absolute atomic E-state index is 0.0316. The summed E-state index contributed by atoms with van der Waals surface area (Å²) in [7, 11) is 0. The topological polar surface area (TPSA) is 66.9 Å². The lowest BCUT2D eigenvalue weighted by molar-refractivity contribution is -0.135. The third-order valence-electron chi connectivity index (χ3n) is 4.46. The van der Waals surface area contributed by atoms with Gasteiger partial charge in [0.2, 0.25) is 5.91 Å². The Morgan fingerprint density at radius 1 is 1.19 bits per heavy atom. The number of ether oxygens (including phenoxy) is 1. The predicted octanol–water partition coefficient (Wildman–Crippen LogP) is 2.86. The van der Waals surface area contributed by atoms with Gasteiger partial charge in [-0.15, -0.1) is 0 Å². The van der Waals surface area contributed by atoms with Crippen molar-refractivity contribution in [3.05, 3.63) is 35.9 Å². The molecule has 0 spiro atoms. The normalized spacial score (nSPS) is 17.7. The van der Waals surface area contributed by atoms with E-state index in [1.165, 1.54) is 4.90 Å². The Balaban J connectivity index is 1.87. The van der Waals surface area contributed by atoms with Crippen molar-refractivity contribution in [1.29, 1.82) is 0 Å². The standard InChI is InChI=1S/C20H28N2O4/c1-20(2,3)10-9-18(24)21-11-12-22(17(13-21)14-23)19(25)26-15-16-7-5-4-6-8-16/h4-8,14,17H,9-13,15H2,1-3H3. The van der Waals surface area contributed by atoms with Crippen molar-refractivity contribution < 1.29 is 19.1 Å². The first-order chi connectivity index (χ1) is 12.3. The van der Waals surface area contributed by atoms with Gasteiger partial charge in [0.15, 0.2) is 0 Å². The molecule has 0 radical (unpaired) electrons. The Morgan fingerprint density at radius 3 is 2.50 bits per heavy atom. The van der Waals surface area contributed by atoms with Crippen LogP contribution >= 0.6 is 0 Å². The Labute approximate surface area is 155 Å². The third-order valence-corrected chi connectivity index (χ3v) is 4.46. The number of piperazine rings is 1. The summed E-state index contributed by atoms with van der Waals surface area (Å²) in [5, 5.41) is 0. The molecule has 1 atom stereocenters. The highest BCUT2D eigenvalue weighted by Crippen LogP contribution is 2.22. The molecule has 0 aliphatic carbocycles. The number of hydrogen-bond acceptors (Lipinski definition) is 4. The van der Waals surface area contributed by atoms with Gasteiger partial charge < -0.3 is 14.4 Å². The molecule has 0 aromatic heterocycles. The van der Waals surface area contributed by atoms with Gasteiger partial charge in [-0.2, -0.15) is 0 Å². The Bertz CT molecular complexity index is 624. The van der Waals surface area contributed by atoms with Crippen LogP contribution in [0, 0.1) is 5.41 Å². The maximum absolute atomic E-state index is 12.4. The summed E-state index contributed by atoms with van der Waals surface area (Å²) in [5.41, 5.74) is 0.975. The second-order valence-corrected chi connectivity index (χ2v) is 7.84. The number of nitrogens with zero attached hydrogens (tertiary/aromatic N) is 2. The molecule has 1 fully saturated rings. The number of amides is 2. The highest BCUT2D eigenvalue weighted by atomic mass is 16.6. The highest BCUT2D eigenvalue weighted by molar-refractivity contribution is 5.79. The predicted molar refractivity (Wildman–Crippen MR) is 98.5 cm³/mol. The van der Waals surface area contributed by atoms with E-state index in [2.05, 4.69) is 20.8 Å².